The van der Waals surface area contributed by atoms with Gasteiger partial charge in [-0.2, -0.15) is 0 Å². The first kappa shape index (κ1) is 14.8. The van der Waals surface area contributed by atoms with E-state index in [4.69, 9.17) is 9.15 Å². The van der Waals surface area contributed by atoms with E-state index < -0.39 is 6.10 Å². The topological polar surface area (TPSA) is 54.6 Å². The quantitative estimate of drug-likeness (QED) is 0.777. The van der Waals surface area contributed by atoms with Gasteiger partial charge >= 0.3 is 0 Å². The molecule has 2 rings (SSSR count). The van der Waals surface area contributed by atoms with Crippen molar-refractivity contribution in [3.8, 4) is 0 Å². The normalized spacial score (nSPS) is 14.1. The van der Waals surface area contributed by atoms with E-state index in [1.807, 2.05) is 43.3 Å². The fourth-order valence-corrected chi connectivity index (χ4v) is 1.91. The highest BCUT2D eigenvalue weighted by Gasteiger charge is 2.09. The van der Waals surface area contributed by atoms with E-state index in [0.29, 0.717) is 19.7 Å². The van der Waals surface area contributed by atoms with Crippen LogP contribution in [0.5, 0.6) is 0 Å². The van der Waals surface area contributed by atoms with Crippen LogP contribution in [-0.2, 0) is 11.3 Å². The van der Waals surface area contributed by atoms with E-state index in [1.165, 1.54) is 0 Å². The van der Waals surface area contributed by atoms with Gasteiger partial charge in [0.05, 0.1) is 31.3 Å². The van der Waals surface area contributed by atoms with Gasteiger partial charge in [-0.05, 0) is 18.6 Å². The lowest BCUT2D eigenvalue weighted by Crippen LogP contribution is -2.30. The molecule has 0 aliphatic heterocycles. The number of nitrogens with one attached hydrogen (secondary N) is 1. The van der Waals surface area contributed by atoms with Gasteiger partial charge in [0.2, 0.25) is 0 Å². The van der Waals surface area contributed by atoms with Crippen LogP contribution in [0.15, 0.2) is 53.3 Å². The van der Waals surface area contributed by atoms with Crippen LogP contribution in [-0.4, -0.2) is 24.4 Å². The summed E-state index contributed by atoms with van der Waals surface area (Å²) in [5.41, 5.74) is 2.18. The van der Waals surface area contributed by atoms with Gasteiger partial charge in [0.1, 0.15) is 0 Å². The first-order chi connectivity index (χ1) is 9.75. The Morgan fingerprint density at radius 2 is 2.05 bits per heavy atom. The number of hydrogen-bond acceptors (Lipinski definition) is 4. The smallest absolute Gasteiger partial charge is 0.0947 e. The zero-order chi connectivity index (χ0) is 14.2. The highest BCUT2D eigenvalue weighted by atomic mass is 16.5. The summed E-state index contributed by atoms with van der Waals surface area (Å²) in [7, 11) is 0. The Balaban J connectivity index is 1.63. The van der Waals surface area contributed by atoms with Crippen molar-refractivity contribution in [2.24, 2.45) is 0 Å². The third kappa shape index (κ3) is 4.81. The second-order valence-electron chi connectivity index (χ2n) is 4.80. The van der Waals surface area contributed by atoms with Crippen LogP contribution in [0.1, 0.15) is 24.2 Å². The van der Waals surface area contributed by atoms with Crippen LogP contribution < -0.4 is 5.32 Å². The third-order valence-electron chi connectivity index (χ3n) is 3.10. The van der Waals surface area contributed by atoms with Gasteiger partial charge in [-0.1, -0.05) is 30.3 Å². The minimum Gasteiger partial charge on any atom is -0.472 e. The molecule has 0 saturated heterocycles. The summed E-state index contributed by atoms with van der Waals surface area (Å²) in [5, 5.41) is 13.0. The largest absolute Gasteiger partial charge is 0.472 e. The van der Waals surface area contributed by atoms with Gasteiger partial charge in [0.25, 0.3) is 0 Å². The van der Waals surface area contributed by atoms with Crippen molar-refractivity contribution in [2.75, 3.05) is 13.2 Å². The molecule has 0 radical (unpaired) electrons. The highest BCUT2D eigenvalue weighted by molar-refractivity contribution is 5.16. The predicted octanol–water partition coefficient (Wildman–Crippen LogP) is 2.51. The Hall–Kier alpha value is -1.62. The van der Waals surface area contributed by atoms with E-state index >= 15 is 0 Å². The van der Waals surface area contributed by atoms with Crippen LogP contribution in [0.4, 0.5) is 0 Å². The van der Waals surface area contributed by atoms with E-state index in [0.717, 1.165) is 11.1 Å². The Morgan fingerprint density at radius 1 is 1.25 bits per heavy atom. The number of rotatable bonds is 8. The lowest BCUT2D eigenvalue weighted by molar-refractivity contribution is -0.00212. The van der Waals surface area contributed by atoms with Gasteiger partial charge in [-0.3, -0.25) is 0 Å². The molecule has 0 aliphatic carbocycles. The fraction of sp³-hybridized carbons (Fsp3) is 0.375. The number of furan rings is 1. The molecule has 4 heteroatoms. The molecule has 0 fully saturated rings. The first-order valence-electron chi connectivity index (χ1n) is 6.82. The molecular weight excluding hydrogens is 254 g/mol. The van der Waals surface area contributed by atoms with Gasteiger partial charge in [0, 0.05) is 18.7 Å². The van der Waals surface area contributed by atoms with Crippen LogP contribution in [0, 0.1) is 0 Å². The van der Waals surface area contributed by atoms with Gasteiger partial charge < -0.3 is 19.6 Å². The number of benzene rings is 1. The Bertz CT molecular complexity index is 470. The maximum absolute atomic E-state index is 9.86. The number of aliphatic hydroxyl groups is 1. The zero-order valence-electron chi connectivity index (χ0n) is 11.7. The second-order valence-corrected chi connectivity index (χ2v) is 4.80. The van der Waals surface area contributed by atoms with E-state index in [9.17, 15) is 5.11 Å². The van der Waals surface area contributed by atoms with Crippen molar-refractivity contribution in [2.45, 2.75) is 25.7 Å². The highest BCUT2D eigenvalue weighted by Crippen LogP contribution is 2.15. The summed E-state index contributed by atoms with van der Waals surface area (Å²) in [4.78, 5) is 0. The molecule has 2 N–H and O–H groups in total. The Morgan fingerprint density at radius 3 is 2.75 bits per heavy atom. The molecule has 0 bridgehead atoms. The van der Waals surface area contributed by atoms with Crippen molar-refractivity contribution in [1.82, 2.24) is 5.32 Å². The molecule has 2 atom stereocenters. The number of hydrogen-bond donors (Lipinski definition) is 2. The molecule has 1 heterocycles. The van der Waals surface area contributed by atoms with Crippen molar-refractivity contribution < 1.29 is 14.3 Å². The van der Waals surface area contributed by atoms with E-state index in [-0.39, 0.29) is 6.10 Å². The predicted molar refractivity (Wildman–Crippen MR) is 77.2 cm³/mol. The summed E-state index contributed by atoms with van der Waals surface area (Å²) in [6, 6.07) is 11.9. The van der Waals surface area contributed by atoms with Crippen LogP contribution >= 0.6 is 0 Å². The van der Waals surface area contributed by atoms with E-state index in [2.05, 4.69) is 5.32 Å². The number of aliphatic hydroxyl groups excluding tert-OH is 1. The van der Waals surface area contributed by atoms with Gasteiger partial charge in [0.15, 0.2) is 0 Å². The molecular formula is C16H21NO3. The van der Waals surface area contributed by atoms with Crippen molar-refractivity contribution in [3.05, 3.63) is 60.1 Å². The molecule has 0 spiro atoms. The molecule has 1 aromatic carbocycles. The molecule has 2 aromatic rings. The maximum atomic E-state index is 9.86. The van der Waals surface area contributed by atoms with Crippen LogP contribution in [0.25, 0.3) is 0 Å². The summed E-state index contributed by atoms with van der Waals surface area (Å²) in [5.74, 6) is 0. The molecule has 0 saturated carbocycles. The standard InChI is InChI=1S/C16H21NO3/c1-13(15-5-3-2-4-6-15)20-12-16(18)10-17-9-14-7-8-19-11-14/h2-8,11,13,16-18H,9-10,12H2,1H3. The fourth-order valence-electron chi connectivity index (χ4n) is 1.91. The maximum Gasteiger partial charge on any atom is 0.0947 e. The third-order valence-corrected chi connectivity index (χ3v) is 3.10. The molecule has 20 heavy (non-hydrogen) atoms. The summed E-state index contributed by atoms with van der Waals surface area (Å²) in [6.07, 6.45) is 2.79. The van der Waals surface area contributed by atoms with Crippen LogP contribution in [0.3, 0.4) is 0 Å². The summed E-state index contributed by atoms with van der Waals surface area (Å²) in [6.45, 7) is 3.48. The van der Waals surface area contributed by atoms with Crippen LogP contribution in [0.2, 0.25) is 0 Å². The van der Waals surface area contributed by atoms with Gasteiger partial charge in [-0.15, -0.1) is 0 Å². The molecule has 0 aliphatic rings. The molecule has 1 aromatic heterocycles. The SMILES string of the molecule is CC(OCC(O)CNCc1ccoc1)c1ccccc1. The molecule has 0 amide bonds. The first-order valence-corrected chi connectivity index (χ1v) is 6.82. The lowest BCUT2D eigenvalue weighted by Gasteiger charge is -2.17. The minimum absolute atomic E-state index is 0.0141. The van der Waals surface area contributed by atoms with Crippen molar-refractivity contribution >= 4 is 0 Å². The monoisotopic (exact) mass is 275 g/mol. The van der Waals surface area contributed by atoms with Crippen molar-refractivity contribution in [1.29, 1.82) is 0 Å². The minimum atomic E-state index is -0.520. The second kappa shape index (κ2) is 7.85. The van der Waals surface area contributed by atoms with E-state index in [1.54, 1.807) is 12.5 Å². The Kier molecular flexibility index (Phi) is 5.80. The zero-order valence-corrected chi connectivity index (χ0v) is 11.7. The molecule has 2 unspecified atom stereocenters. The average Bonchev–Trinajstić information content (AvgIpc) is 2.99. The summed E-state index contributed by atoms with van der Waals surface area (Å²) < 4.78 is 10.6. The Labute approximate surface area is 119 Å². The van der Waals surface area contributed by atoms with Gasteiger partial charge in [-0.25, -0.2) is 0 Å². The summed E-state index contributed by atoms with van der Waals surface area (Å²) >= 11 is 0. The lowest BCUT2D eigenvalue weighted by atomic mass is 10.1. The van der Waals surface area contributed by atoms with Crippen molar-refractivity contribution in [3.63, 3.8) is 0 Å². The number of ether oxygens (including phenoxy) is 1. The molecule has 108 valence electrons. The molecule has 4 nitrogen and oxygen atoms in total. The average molecular weight is 275 g/mol.